The summed E-state index contributed by atoms with van der Waals surface area (Å²) in [6.45, 7) is 0. The third-order valence-electron chi connectivity index (χ3n) is 2.70. The molecule has 2 rings (SSSR count). The van der Waals surface area contributed by atoms with Gasteiger partial charge in [0.2, 0.25) is 5.82 Å². The maximum Gasteiger partial charge on any atom is 0.312 e. The van der Waals surface area contributed by atoms with Crippen molar-refractivity contribution in [2.75, 3.05) is 11.9 Å². The molecular weight excluding hydrogens is 280 g/mol. The number of halogens is 1. The van der Waals surface area contributed by atoms with Crippen LogP contribution in [-0.2, 0) is 0 Å². The van der Waals surface area contributed by atoms with Crippen LogP contribution in [0.15, 0.2) is 36.4 Å². The highest BCUT2D eigenvalue weighted by atomic mass is 35.5. The second-order valence-electron chi connectivity index (χ2n) is 3.95. The van der Waals surface area contributed by atoms with Crippen molar-refractivity contribution < 1.29 is 4.92 Å². The molecule has 0 fully saturated rings. The SMILES string of the molecule is CN(c1cccc(C#N)c1)c1nc(Cl)ccc1[N+](=O)[O-]. The van der Waals surface area contributed by atoms with Crippen LogP contribution in [0.5, 0.6) is 0 Å². The summed E-state index contributed by atoms with van der Waals surface area (Å²) >= 11 is 5.80. The summed E-state index contributed by atoms with van der Waals surface area (Å²) in [5, 5.41) is 20.1. The molecule has 0 radical (unpaired) electrons. The van der Waals surface area contributed by atoms with Crippen molar-refractivity contribution in [1.82, 2.24) is 4.98 Å². The third kappa shape index (κ3) is 2.68. The molecule has 0 aliphatic rings. The van der Waals surface area contributed by atoms with Gasteiger partial charge in [-0.05, 0) is 24.3 Å². The summed E-state index contributed by atoms with van der Waals surface area (Å²) in [4.78, 5) is 16.0. The van der Waals surface area contributed by atoms with Gasteiger partial charge in [0.15, 0.2) is 0 Å². The van der Waals surface area contributed by atoms with Gasteiger partial charge in [0.1, 0.15) is 5.15 Å². The third-order valence-corrected chi connectivity index (χ3v) is 2.91. The molecule has 0 N–H and O–H groups in total. The Morgan fingerprint density at radius 2 is 2.15 bits per heavy atom. The number of benzene rings is 1. The molecule has 2 aromatic rings. The Morgan fingerprint density at radius 3 is 2.80 bits per heavy atom. The lowest BCUT2D eigenvalue weighted by Crippen LogP contribution is -2.13. The Bertz CT molecular complexity index is 712. The monoisotopic (exact) mass is 288 g/mol. The highest BCUT2D eigenvalue weighted by molar-refractivity contribution is 6.29. The number of hydrogen-bond acceptors (Lipinski definition) is 5. The maximum atomic E-state index is 11.0. The zero-order chi connectivity index (χ0) is 14.7. The molecule has 0 bridgehead atoms. The maximum absolute atomic E-state index is 11.0. The Balaban J connectivity index is 2.52. The first kappa shape index (κ1) is 13.8. The summed E-state index contributed by atoms with van der Waals surface area (Å²) in [5.74, 6) is 0.123. The van der Waals surface area contributed by atoms with Crippen LogP contribution < -0.4 is 4.90 Å². The fourth-order valence-electron chi connectivity index (χ4n) is 1.71. The van der Waals surface area contributed by atoms with Gasteiger partial charge in [-0.25, -0.2) is 4.98 Å². The van der Waals surface area contributed by atoms with Crippen molar-refractivity contribution in [3.63, 3.8) is 0 Å². The van der Waals surface area contributed by atoms with E-state index in [9.17, 15) is 10.1 Å². The van der Waals surface area contributed by atoms with Gasteiger partial charge < -0.3 is 4.90 Å². The summed E-state index contributed by atoms with van der Waals surface area (Å²) in [6.07, 6.45) is 0. The molecule has 100 valence electrons. The minimum Gasteiger partial charge on any atom is -0.324 e. The lowest BCUT2D eigenvalue weighted by atomic mass is 10.2. The van der Waals surface area contributed by atoms with Gasteiger partial charge in [0.05, 0.1) is 16.6 Å². The Morgan fingerprint density at radius 1 is 1.40 bits per heavy atom. The van der Waals surface area contributed by atoms with Crippen LogP contribution in [0.2, 0.25) is 5.15 Å². The van der Waals surface area contributed by atoms with Crippen LogP contribution >= 0.6 is 11.6 Å². The molecular formula is C13H9ClN4O2. The number of pyridine rings is 1. The number of nitro groups is 1. The van der Waals surface area contributed by atoms with E-state index in [4.69, 9.17) is 16.9 Å². The molecule has 1 heterocycles. The summed E-state index contributed by atoms with van der Waals surface area (Å²) in [7, 11) is 1.63. The molecule has 0 aliphatic carbocycles. The fraction of sp³-hybridized carbons (Fsp3) is 0.0769. The van der Waals surface area contributed by atoms with Crippen LogP contribution in [-0.4, -0.2) is 17.0 Å². The molecule has 1 aromatic carbocycles. The summed E-state index contributed by atoms with van der Waals surface area (Å²) in [5.41, 5.74) is 0.917. The van der Waals surface area contributed by atoms with Crippen molar-refractivity contribution in [2.24, 2.45) is 0 Å². The Hall–Kier alpha value is -2.65. The largest absolute Gasteiger partial charge is 0.324 e. The fourth-order valence-corrected chi connectivity index (χ4v) is 1.86. The molecule has 0 saturated heterocycles. The molecule has 0 aliphatic heterocycles. The smallest absolute Gasteiger partial charge is 0.312 e. The first-order chi connectivity index (χ1) is 9.52. The highest BCUT2D eigenvalue weighted by Crippen LogP contribution is 2.31. The molecule has 0 saturated carbocycles. The number of hydrogen-bond donors (Lipinski definition) is 0. The van der Waals surface area contributed by atoms with Crippen molar-refractivity contribution >= 4 is 28.8 Å². The first-order valence-electron chi connectivity index (χ1n) is 5.58. The van der Waals surface area contributed by atoms with Crippen molar-refractivity contribution in [1.29, 1.82) is 5.26 Å². The van der Waals surface area contributed by atoms with E-state index in [0.29, 0.717) is 11.3 Å². The predicted octanol–water partition coefficient (Wildman–Crippen LogP) is 3.28. The van der Waals surface area contributed by atoms with Crippen molar-refractivity contribution in [2.45, 2.75) is 0 Å². The van der Waals surface area contributed by atoms with Gasteiger partial charge in [-0.1, -0.05) is 17.7 Å². The van der Waals surface area contributed by atoms with E-state index in [0.717, 1.165) is 0 Å². The molecule has 20 heavy (non-hydrogen) atoms. The van der Waals surface area contributed by atoms with Crippen LogP contribution in [0.25, 0.3) is 0 Å². The number of rotatable bonds is 3. The zero-order valence-corrected chi connectivity index (χ0v) is 11.2. The van der Waals surface area contributed by atoms with Gasteiger partial charge in [-0.2, -0.15) is 5.26 Å². The normalized spacial score (nSPS) is 9.85. The van der Waals surface area contributed by atoms with E-state index in [1.165, 1.54) is 17.0 Å². The van der Waals surface area contributed by atoms with Gasteiger partial charge in [0.25, 0.3) is 0 Å². The van der Waals surface area contributed by atoms with Crippen LogP contribution in [0, 0.1) is 21.4 Å². The minimum atomic E-state index is -0.524. The molecule has 7 heteroatoms. The lowest BCUT2D eigenvalue weighted by Gasteiger charge is -2.18. The number of nitriles is 1. The van der Waals surface area contributed by atoms with E-state index in [-0.39, 0.29) is 16.7 Å². The molecule has 0 unspecified atom stereocenters. The van der Waals surface area contributed by atoms with Crippen LogP contribution in [0.3, 0.4) is 0 Å². The minimum absolute atomic E-state index is 0.123. The van der Waals surface area contributed by atoms with Gasteiger partial charge in [-0.3, -0.25) is 10.1 Å². The first-order valence-corrected chi connectivity index (χ1v) is 5.95. The number of nitrogens with zero attached hydrogens (tertiary/aromatic N) is 4. The van der Waals surface area contributed by atoms with Gasteiger partial charge in [0, 0.05) is 18.8 Å². The zero-order valence-electron chi connectivity index (χ0n) is 10.4. The summed E-state index contributed by atoms with van der Waals surface area (Å²) in [6, 6.07) is 11.4. The van der Waals surface area contributed by atoms with E-state index in [1.54, 1.807) is 31.3 Å². The highest BCUT2D eigenvalue weighted by Gasteiger charge is 2.20. The van der Waals surface area contributed by atoms with Crippen molar-refractivity contribution in [3.8, 4) is 6.07 Å². The van der Waals surface area contributed by atoms with E-state index >= 15 is 0 Å². The van der Waals surface area contributed by atoms with Gasteiger partial charge in [-0.15, -0.1) is 0 Å². The quantitative estimate of drug-likeness (QED) is 0.491. The van der Waals surface area contributed by atoms with Gasteiger partial charge >= 0.3 is 5.69 Å². The molecule has 1 aromatic heterocycles. The topological polar surface area (TPSA) is 83.1 Å². The van der Waals surface area contributed by atoms with Crippen LogP contribution in [0.4, 0.5) is 17.2 Å². The second-order valence-corrected chi connectivity index (χ2v) is 4.34. The Labute approximate surface area is 120 Å². The van der Waals surface area contributed by atoms with Crippen molar-refractivity contribution in [3.05, 3.63) is 57.2 Å². The second kappa shape index (κ2) is 5.55. The van der Waals surface area contributed by atoms with E-state index in [1.807, 2.05) is 6.07 Å². The summed E-state index contributed by atoms with van der Waals surface area (Å²) < 4.78 is 0. The number of anilines is 2. The van der Waals surface area contributed by atoms with Crippen LogP contribution in [0.1, 0.15) is 5.56 Å². The average molecular weight is 289 g/mol. The number of aromatic nitrogens is 1. The molecule has 0 atom stereocenters. The standard InChI is InChI=1S/C13H9ClN4O2/c1-17(10-4-2-3-9(7-10)8-15)13-11(18(19)20)5-6-12(14)16-13/h2-7H,1H3. The molecule has 0 spiro atoms. The predicted molar refractivity (Wildman–Crippen MR) is 75.1 cm³/mol. The Kier molecular flexibility index (Phi) is 3.82. The lowest BCUT2D eigenvalue weighted by molar-refractivity contribution is -0.384. The molecule has 0 amide bonds. The average Bonchev–Trinajstić information content (AvgIpc) is 2.46. The van der Waals surface area contributed by atoms with E-state index < -0.39 is 4.92 Å². The molecule has 6 nitrogen and oxygen atoms in total. The van der Waals surface area contributed by atoms with E-state index in [2.05, 4.69) is 4.98 Å².